The van der Waals surface area contributed by atoms with E-state index in [1.54, 1.807) is 31.4 Å². The first kappa shape index (κ1) is 22.0. The molecule has 8 heteroatoms. The molecule has 1 aromatic carbocycles. The molecule has 168 valence electrons. The average molecular weight is 437 g/mol. The summed E-state index contributed by atoms with van der Waals surface area (Å²) in [6, 6.07) is 6.56. The second-order valence-corrected chi connectivity index (χ2v) is 8.44. The van der Waals surface area contributed by atoms with Gasteiger partial charge < -0.3 is 20.1 Å². The lowest BCUT2D eigenvalue weighted by Gasteiger charge is -2.19. The Morgan fingerprint density at radius 3 is 2.69 bits per heavy atom. The van der Waals surface area contributed by atoms with Gasteiger partial charge in [-0.15, -0.1) is 6.58 Å². The lowest BCUT2D eigenvalue weighted by molar-refractivity contribution is -0.129. The zero-order valence-electron chi connectivity index (χ0n) is 18.4. The van der Waals surface area contributed by atoms with Crippen molar-refractivity contribution < 1.29 is 23.9 Å². The Morgan fingerprint density at radius 1 is 1.28 bits per heavy atom. The fourth-order valence-electron chi connectivity index (χ4n) is 4.27. The maximum atomic E-state index is 12.8. The minimum atomic E-state index is -0.823. The summed E-state index contributed by atoms with van der Waals surface area (Å²) < 4.78 is 11.5. The molecule has 8 nitrogen and oxygen atoms in total. The van der Waals surface area contributed by atoms with E-state index < -0.39 is 11.6 Å². The number of nitrogens with zero attached hydrogens (tertiary/aromatic N) is 1. The van der Waals surface area contributed by atoms with Gasteiger partial charge in [-0.25, -0.2) is 4.98 Å². The van der Waals surface area contributed by atoms with Crippen molar-refractivity contribution in [2.45, 2.75) is 44.4 Å². The van der Waals surface area contributed by atoms with Crippen molar-refractivity contribution in [2.24, 2.45) is 5.92 Å². The van der Waals surface area contributed by atoms with Gasteiger partial charge in [0, 0.05) is 43.3 Å². The molecule has 2 aliphatic rings. The maximum absolute atomic E-state index is 12.8. The molecular formula is C24H27N3O5. The molecule has 2 fully saturated rings. The first-order valence-electron chi connectivity index (χ1n) is 10.6. The first-order chi connectivity index (χ1) is 15.3. The number of carbonyl (C=O) groups excluding carboxylic acids is 3. The van der Waals surface area contributed by atoms with Gasteiger partial charge in [-0.2, -0.15) is 0 Å². The third kappa shape index (κ3) is 3.98. The SMILES string of the molecule is C=CC1C[C@]1(NC(=O)[C@@H]1C[C@@H](Oc2cc(C(C)=O)nc3cc(OC)ccc23)CN1)C(C)=O. The highest BCUT2D eigenvalue weighted by molar-refractivity contribution is 5.97. The molecule has 1 saturated carbocycles. The molecule has 1 saturated heterocycles. The van der Waals surface area contributed by atoms with E-state index in [4.69, 9.17) is 9.47 Å². The quantitative estimate of drug-likeness (QED) is 0.482. The molecule has 2 N–H and O–H groups in total. The fraction of sp³-hybridized carbons (Fsp3) is 0.417. The van der Waals surface area contributed by atoms with Crippen LogP contribution in [0.25, 0.3) is 10.9 Å². The summed E-state index contributed by atoms with van der Waals surface area (Å²) in [5, 5.41) is 6.85. The monoisotopic (exact) mass is 437 g/mol. The van der Waals surface area contributed by atoms with Crippen LogP contribution in [0.4, 0.5) is 0 Å². The molecule has 0 spiro atoms. The number of rotatable bonds is 8. The number of methoxy groups -OCH3 is 1. The zero-order valence-corrected chi connectivity index (χ0v) is 18.4. The topological polar surface area (TPSA) is 107 Å². The van der Waals surface area contributed by atoms with Gasteiger partial charge in [0.2, 0.25) is 5.91 Å². The second-order valence-electron chi connectivity index (χ2n) is 8.44. The van der Waals surface area contributed by atoms with E-state index in [0.29, 0.717) is 42.1 Å². The lowest BCUT2D eigenvalue weighted by atomic mass is 10.1. The van der Waals surface area contributed by atoms with Crippen LogP contribution < -0.4 is 20.1 Å². The molecule has 4 atom stereocenters. The Bertz CT molecular complexity index is 1110. The van der Waals surface area contributed by atoms with Gasteiger partial charge in [-0.1, -0.05) is 6.08 Å². The number of hydrogen-bond donors (Lipinski definition) is 2. The highest BCUT2D eigenvalue weighted by atomic mass is 16.5. The molecule has 0 bridgehead atoms. The smallest absolute Gasteiger partial charge is 0.238 e. The molecule has 0 radical (unpaired) electrons. The molecule has 1 aliphatic carbocycles. The maximum Gasteiger partial charge on any atom is 0.238 e. The van der Waals surface area contributed by atoms with E-state index in [2.05, 4.69) is 22.2 Å². The van der Waals surface area contributed by atoms with E-state index in [1.165, 1.54) is 13.8 Å². The summed E-state index contributed by atoms with van der Waals surface area (Å²) in [5.41, 5.74) is 0.0736. The van der Waals surface area contributed by atoms with Crippen LogP contribution in [0.5, 0.6) is 11.5 Å². The van der Waals surface area contributed by atoms with Crippen LogP contribution in [-0.2, 0) is 9.59 Å². The van der Waals surface area contributed by atoms with Crippen molar-refractivity contribution in [3.05, 3.63) is 42.6 Å². The number of Topliss-reactive ketones (excluding diaryl/α,β-unsaturated/α-hetero) is 2. The summed E-state index contributed by atoms with van der Waals surface area (Å²) in [6.45, 7) is 7.15. The minimum Gasteiger partial charge on any atom is -0.497 e. The third-order valence-corrected chi connectivity index (χ3v) is 6.31. The summed E-state index contributed by atoms with van der Waals surface area (Å²) in [7, 11) is 1.57. The minimum absolute atomic E-state index is 0.0254. The van der Waals surface area contributed by atoms with Crippen LogP contribution in [0.15, 0.2) is 36.9 Å². The Hall–Kier alpha value is -3.26. The van der Waals surface area contributed by atoms with Crippen molar-refractivity contribution in [1.82, 2.24) is 15.6 Å². The van der Waals surface area contributed by atoms with Gasteiger partial charge >= 0.3 is 0 Å². The van der Waals surface area contributed by atoms with Crippen molar-refractivity contribution >= 4 is 28.4 Å². The Kier molecular flexibility index (Phi) is 5.73. The highest BCUT2D eigenvalue weighted by Crippen LogP contribution is 2.45. The molecule has 32 heavy (non-hydrogen) atoms. The van der Waals surface area contributed by atoms with Crippen LogP contribution in [0.2, 0.25) is 0 Å². The molecule has 1 aromatic heterocycles. The van der Waals surface area contributed by atoms with Crippen LogP contribution in [-0.4, -0.2) is 53.8 Å². The van der Waals surface area contributed by atoms with E-state index in [1.807, 2.05) is 6.07 Å². The number of ketones is 2. The Labute approximate surface area is 186 Å². The van der Waals surface area contributed by atoms with Crippen LogP contribution in [0.3, 0.4) is 0 Å². The second kappa shape index (κ2) is 8.35. The molecule has 2 heterocycles. The average Bonchev–Trinajstić information content (AvgIpc) is 3.30. The Morgan fingerprint density at radius 2 is 2.06 bits per heavy atom. The van der Waals surface area contributed by atoms with Crippen molar-refractivity contribution in [2.75, 3.05) is 13.7 Å². The summed E-state index contributed by atoms with van der Waals surface area (Å²) >= 11 is 0. The molecule has 1 amide bonds. The number of aromatic nitrogens is 1. The first-order valence-corrected chi connectivity index (χ1v) is 10.6. The molecular weight excluding hydrogens is 410 g/mol. The summed E-state index contributed by atoms with van der Waals surface area (Å²) in [5.74, 6) is 0.694. The van der Waals surface area contributed by atoms with Crippen molar-refractivity contribution in [1.29, 1.82) is 0 Å². The largest absolute Gasteiger partial charge is 0.497 e. The number of carbonyl (C=O) groups is 3. The highest BCUT2D eigenvalue weighted by Gasteiger charge is 2.58. The van der Waals surface area contributed by atoms with E-state index in [0.717, 1.165) is 5.39 Å². The van der Waals surface area contributed by atoms with Gasteiger partial charge in [0.1, 0.15) is 28.8 Å². The number of fused-ring (bicyclic) bond motifs is 1. The predicted molar refractivity (Wildman–Crippen MR) is 119 cm³/mol. The van der Waals surface area contributed by atoms with Gasteiger partial charge in [0.05, 0.1) is 18.7 Å². The third-order valence-electron chi connectivity index (χ3n) is 6.31. The van der Waals surface area contributed by atoms with E-state index in [-0.39, 0.29) is 29.5 Å². The number of amides is 1. The van der Waals surface area contributed by atoms with Gasteiger partial charge in [0.15, 0.2) is 11.6 Å². The number of ether oxygens (including phenoxy) is 2. The van der Waals surface area contributed by atoms with Gasteiger partial charge in [0.25, 0.3) is 0 Å². The fourth-order valence-corrected chi connectivity index (χ4v) is 4.27. The molecule has 1 aliphatic heterocycles. The van der Waals surface area contributed by atoms with Crippen molar-refractivity contribution in [3.8, 4) is 11.5 Å². The zero-order chi connectivity index (χ0) is 23.0. The van der Waals surface area contributed by atoms with Gasteiger partial charge in [-0.3, -0.25) is 14.4 Å². The summed E-state index contributed by atoms with van der Waals surface area (Å²) in [6.07, 6.45) is 2.46. The van der Waals surface area contributed by atoms with Crippen LogP contribution >= 0.6 is 0 Å². The van der Waals surface area contributed by atoms with Gasteiger partial charge in [-0.05, 0) is 25.5 Å². The summed E-state index contributed by atoms with van der Waals surface area (Å²) in [4.78, 5) is 41.2. The van der Waals surface area contributed by atoms with Crippen LogP contribution in [0.1, 0.15) is 37.2 Å². The number of benzene rings is 1. The standard InChI is InChI=1S/C24H27N3O5/c1-5-15-11-24(15,14(3)29)27-23(30)21-9-17(12-25-21)32-22-10-19(13(2)28)26-20-8-16(31-4)6-7-18(20)22/h5-8,10,15,17,21,25H,1,9,11-12H2,2-4H3,(H,27,30)/t15?,17-,21+,24+/m1/s1. The Balaban J connectivity index is 1.50. The lowest BCUT2D eigenvalue weighted by Crippen LogP contribution is -2.50. The van der Waals surface area contributed by atoms with E-state index >= 15 is 0 Å². The number of hydrogen-bond acceptors (Lipinski definition) is 7. The molecule has 2 aromatic rings. The van der Waals surface area contributed by atoms with E-state index in [9.17, 15) is 14.4 Å². The number of nitrogens with one attached hydrogen (secondary N) is 2. The normalized spacial score (nSPS) is 26.4. The number of pyridine rings is 1. The molecule has 4 rings (SSSR count). The molecule has 1 unspecified atom stereocenters. The van der Waals surface area contributed by atoms with Crippen LogP contribution in [0, 0.1) is 5.92 Å². The van der Waals surface area contributed by atoms with Crippen molar-refractivity contribution in [3.63, 3.8) is 0 Å². The predicted octanol–water partition coefficient (Wildman–Crippen LogP) is 2.21.